The number of likely N-dealkylation sites (tertiary alicyclic amines) is 1. The molecular weight excluding hydrogens is 487 g/mol. The molecule has 1 aliphatic carbocycles. The summed E-state index contributed by atoms with van der Waals surface area (Å²) in [6.07, 6.45) is 2.16. The van der Waals surface area contributed by atoms with E-state index in [1.807, 2.05) is 0 Å². The number of nitrogens with two attached hydrogens (primary N) is 1. The van der Waals surface area contributed by atoms with Crippen molar-refractivity contribution < 1.29 is 18.0 Å². The van der Waals surface area contributed by atoms with Crippen LogP contribution in [0.5, 0.6) is 0 Å². The largest absolute Gasteiger partial charge is 0.378 e. The van der Waals surface area contributed by atoms with Gasteiger partial charge in [-0.25, -0.2) is 18.0 Å². The lowest BCUT2D eigenvalue weighted by atomic mass is 9.84. The maximum Gasteiger partial charge on any atom is 0.240 e. The minimum absolute atomic E-state index is 0.0496. The second-order valence-corrected chi connectivity index (χ2v) is 11.0. The van der Waals surface area contributed by atoms with Gasteiger partial charge in [-0.2, -0.15) is 0 Å². The number of aromatic nitrogens is 1. The van der Waals surface area contributed by atoms with Crippen molar-refractivity contribution in [2.45, 2.75) is 49.2 Å². The van der Waals surface area contributed by atoms with Crippen LogP contribution in [0.2, 0.25) is 0 Å². The van der Waals surface area contributed by atoms with Gasteiger partial charge in [0.1, 0.15) is 22.6 Å². The molecule has 0 bridgehead atoms. The van der Waals surface area contributed by atoms with Crippen LogP contribution in [0.4, 0.5) is 18.9 Å². The van der Waals surface area contributed by atoms with Crippen molar-refractivity contribution in [3.8, 4) is 0 Å². The summed E-state index contributed by atoms with van der Waals surface area (Å²) in [6.45, 7) is 10.7. The van der Waals surface area contributed by atoms with Gasteiger partial charge in [-0.3, -0.25) is 14.8 Å². The van der Waals surface area contributed by atoms with Crippen LogP contribution in [0.1, 0.15) is 43.5 Å². The van der Waals surface area contributed by atoms with Crippen molar-refractivity contribution in [2.75, 3.05) is 6.54 Å². The number of carbonyl (C=O) groups is 1. The molecule has 3 heterocycles. The molecule has 6 nitrogen and oxygen atoms in total. The Labute approximate surface area is 211 Å². The summed E-state index contributed by atoms with van der Waals surface area (Å²) < 4.78 is 43.3. The topological polar surface area (TPSA) is 75.9 Å². The van der Waals surface area contributed by atoms with Crippen LogP contribution in [0.15, 0.2) is 41.5 Å². The SMILES string of the molecule is [C-]#[N+]c1ccc(/C(F)=C/c2ccc(F)c([C@@]3(C)N=C(N)S[C@@]4(C(=O)N5CC[C@@H](F)[C@H]5C)C[C@H]43)c2)nc1. The molecule has 2 fully saturated rings. The normalized spacial score (nSPS) is 31.4. The number of pyridine rings is 1. The Morgan fingerprint density at radius 3 is 2.78 bits per heavy atom. The summed E-state index contributed by atoms with van der Waals surface area (Å²) in [4.78, 5) is 26.9. The quantitative estimate of drug-likeness (QED) is 0.570. The van der Waals surface area contributed by atoms with Gasteiger partial charge in [-0.1, -0.05) is 23.9 Å². The van der Waals surface area contributed by atoms with Crippen LogP contribution < -0.4 is 5.73 Å². The number of rotatable bonds is 4. The molecule has 10 heteroatoms. The molecule has 186 valence electrons. The lowest BCUT2D eigenvalue weighted by Crippen LogP contribution is -2.48. The monoisotopic (exact) mass is 511 g/mol. The molecule has 0 spiro atoms. The number of hydrogen-bond acceptors (Lipinski definition) is 5. The summed E-state index contributed by atoms with van der Waals surface area (Å²) in [5.74, 6) is -1.71. The zero-order chi connectivity index (χ0) is 25.8. The highest BCUT2D eigenvalue weighted by molar-refractivity contribution is 8.15. The lowest BCUT2D eigenvalue weighted by Gasteiger charge is -2.36. The highest BCUT2D eigenvalue weighted by Crippen LogP contribution is 2.66. The molecule has 3 aliphatic rings. The van der Waals surface area contributed by atoms with Crippen molar-refractivity contribution in [1.29, 1.82) is 0 Å². The van der Waals surface area contributed by atoms with Crippen LogP contribution in [0.25, 0.3) is 16.7 Å². The molecule has 5 atom stereocenters. The lowest BCUT2D eigenvalue weighted by molar-refractivity contribution is -0.132. The maximum absolute atomic E-state index is 15.2. The molecule has 2 aromatic rings. The van der Waals surface area contributed by atoms with Crippen molar-refractivity contribution in [2.24, 2.45) is 16.6 Å². The maximum atomic E-state index is 15.2. The molecule has 2 N–H and O–H groups in total. The van der Waals surface area contributed by atoms with Gasteiger partial charge in [0.2, 0.25) is 11.6 Å². The molecule has 0 unspecified atom stereocenters. The third kappa shape index (κ3) is 3.86. The minimum atomic E-state index is -1.15. The fraction of sp³-hybridized carbons (Fsp3) is 0.385. The first kappa shape index (κ1) is 24.4. The van der Waals surface area contributed by atoms with E-state index < -0.39 is 34.1 Å². The van der Waals surface area contributed by atoms with E-state index >= 15 is 4.39 Å². The molecule has 1 amide bonds. The Balaban J connectivity index is 1.48. The van der Waals surface area contributed by atoms with E-state index in [4.69, 9.17) is 12.3 Å². The molecule has 1 aromatic carbocycles. The van der Waals surface area contributed by atoms with Crippen LogP contribution in [-0.4, -0.2) is 44.5 Å². The van der Waals surface area contributed by atoms with Gasteiger partial charge in [-0.05, 0) is 56.5 Å². The van der Waals surface area contributed by atoms with Crippen molar-refractivity contribution >= 4 is 40.4 Å². The van der Waals surface area contributed by atoms with Crippen LogP contribution >= 0.6 is 11.8 Å². The number of fused-ring (bicyclic) bond motifs is 1. The van der Waals surface area contributed by atoms with Gasteiger partial charge in [0.25, 0.3) is 0 Å². The van der Waals surface area contributed by atoms with Crippen molar-refractivity contribution in [3.05, 3.63) is 70.6 Å². The Bertz CT molecular complexity index is 1340. The average Bonchev–Trinajstić information content (AvgIpc) is 3.52. The van der Waals surface area contributed by atoms with E-state index in [1.165, 1.54) is 54.4 Å². The summed E-state index contributed by atoms with van der Waals surface area (Å²) in [5, 5.41) is 0.166. The summed E-state index contributed by atoms with van der Waals surface area (Å²) in [6, 6.07) is 6.54. The first-order chi connectivity index (χ1) is 17.1. The van der Waals surface area contributed by atoms with E-state index in [0.717, 1.165) is 0 Å². The number of amidine groups is 1. The summed E-state index contributed by atoms with van der Waals surface area (Å²) in [5.41, 5.74) is 5.95. The summed E-state index contributed by atoms with van der Waals surface area (Å²) in [7, 11) is 0. The fourth-order valence-corrected chi connectivity index (χ4v) is 6.76. The Morgan fingerprint density at radius 2 is 2.14 bits per heavy atom. The van der Waals surface area contributed by atoms with Gasteiger partial charge in [0.05, 0.1) is 23.8 Å². The molecule has 5 rings (SSSR count). The predicted octanol–water partition coefficient (Wildman–Crippen LogP) is 5.23. The van der Waals surface area contributed by atoms with Crippen molar-refractivity contribution in [3.63, 3.8) is 0 Å². The highest BCUT2D eigenvalue weighted by Gasteiger charge is 2.71. The smallest absolute Gasteiger partial charge is 0.240 e. The van der Waals surface area contributed by atoms with Gasteiger partial charge in [0, 0.05) is 24.2 Å². The standard InChI is InChI=1S/C26H24F3N5OS/c1-14-18(27)8-9-34(14)23(35)26-12-22(26)25(2,33-24(30)36-26)17-10-15(4-6-19(17)28)11-20(29)21-7-5-16(31-3)13-32-21/h4-7,10-11,13-14,18,22H,8-9,12H2,1-2H3,(H2,30,33)/b20-11-/t14-,18-,22+,25-,26+/m1/s1. The number of carbonyl (C=O) groups excluding carboxylic acids is 1. The third-order valence-electron chi connectivity index (χ3n) is 7.45. The van der Waals surface area contributed by atoms with E-state index in [0.29, 0.717) is 30.6 Å². The number of halogens is 3. The number of thioether (sulfide) groups is 1. The Hall–Kier alpha value is -3.32. The first-order valence-electron chi connectivity index (χ1n) is 11.6. The summed E-state index contributed by atoms with van der Waals surface area (Å²) >= 11 is 1.17. The number of aliphatic imine (C=N–C) groups is 1. The van der Waals surface area contributed by atoms with E-state index in [-0.39, 0.29) is 28.3 Å². The van der Waals surface area contributed by atoms with Gasteiger partial charge in [-0.15, -0.1) is 0 Å². The molecular formula is C26H24F3N5OS. The van der Waals surface area contributed by atoms with E-state index in [9.17, 15) is 13.6 Å². The fourth-order valence-electron chi connectivity index (χ4n) is 5.32. The molecule has 1 saturated carbocycles. The number of nitrogens with zero attached hydrogens (tertiary/aromatic N) is 4. The highest BCUT2D eigenvalue weighted by atomic mass is 32.2. The molecule has 1 aromatic heterocycles. The first-order valence-corrected chi connectivity index (χ1v) is 12.4. The van der Waals surface area contributed by atoms with Crippen LogP contribution in [0.3, 0.4) is 0 Å². The van der Waals surface area contributed by atoms with Gasteiger partial charge < -0.3 is 10.6 Å². The molecule has 36 heavy (non-hydrogen) atoms. The van der Waals surface area contributed by atoms with Crippen LogP contribution in [0, 0.1) is 18.3 Å². The number of amides is 1. The number of hydrogen-bond donors (Lipinski definition) is 1. The second-order valence-electron chi connectivity index (χ2n) is 9.63. The predicted molar refractivity (Wildman–Crippen MR) is 134 cm³/mol. The Morgan fingerprint density at radius 1 is 1.36 bits per heavy atom. The van der Waals surface area contributed by atoms with Crippen LogP contribution in [-0.2, 0) is 10.3 Å². The zero-order valence-corrected chi connectivity index (χ0v) is 20.5. The zero-order valence-electron chi connectivity index (χ0n) is 19.7. The average molecular weight is 512 g/mol. The van der Waals surface area contributed by atoms with E-state index in [1.54, 1.807) is 18.7 Å². The molecule has 2 aliphatic heterocycles. The third-order valence-corrected chi connectivity index (χ3v) is 8.74. The molecule has 0 radical (unpaired) electrons. The molecule has 1 saturated heterocycles. The number of alkyl halides is 1. The van der Waals surface area contributed by atoms with Crippen molar-refractivity contribution in [1.82, 2.24) is 9.88 Å². The van der Waals surface area contributed by atoms with E-state index in [2.05, 4.69) is 14.8 Å². The van der Waals surface area contributed by atoms with Gasteiger partial charge in [0.15, 0.2) is 5.17 Å². The van der Waals surface area contributed by atoms with Gasteiger partial charge >= 0.3 is 0 Å². The second kappa shape index (κ2) is 8.66. The minimum Gasteiger partial charge on any atom is -0.378 e. The number of benzene rings is 1. The Kier molecular flexibility index (Phi) is 5.86.